The van der Waals surface area contributed by atoms with Gasteiger partial charge < -0.3 is 10.1 Å². The first kappa shape index (κ1) is 14.4. The van der Waals surface area contributed by atoms with E-state index in [1.165, 1.54) is 24.0 Å². The van der Waals surface area contributed by atoms with Gasteiger partial charge in [-0.25, -0.2) is 0 Å². The largest absolute Gasteiger partial charge is 0.380 e. The summed E-state index contributed by atoms with van der Waals surface area (Å²) in [5.74, 6) is 0.710. The number of hydrogen-bond donors (Lipinski definition) is 1. The molecule has 2 aromatic rings. The van der Waals surface area contributed by atoms with Crippen molar-refractivity contribution in [3.8, 4) is 0 Å². The summed E-state index contributed by atoms with van der Waals surface area (Å²) < 4.78 is 5.29. The van der Waals surface area contributed by atoms with Crippen molar-refractivity contribution in [2.45, 2.75) is 25.5 Å². The number of benzene rings is 2. The Labute approximate surface area is 131 Å². The molecule has 0 saturated heterocycles. The molecule has 1 N–H and O–H groups in total. The highest BCUT2D eigenvalue weighted by atomic mass is 35.5. The van der Waals surface area contributed by atoms with E-state index in [-0.39, 0.29) is 0 Å². The van der Waals surface area contributed by atoms with Gasteiger partial charge >= 0.3 is 0 Å². The molecule has 0 amide bonds. The zero-order chi connectivity index (χ0) is 14.7. The van der Waals surface area contributed by atoms with E-state index < -0.39 is 0 Å². The van der Waals surface area contributed by atoms with Crippen molar-refractivity contribution >= 4 is 17.3 Å². The quantitative estimate of drug-likeness (QED) is 0.806. The lowest BCUT2D eigenvalue weighted by atomic mass is 10.0. The second-order valence-corrected chi connectivity index (χ2v) is 6.04. The Hall–Kier alpha value is -1.51. The first-order chi connectivity index (χ1) is 10.3. The maximum atomic E-state index is 6.00. The van der Waals surface area contributed by atoms with Crippen LogP contribution in [0.15, 0.2) is 48.5 Å². The second-order valence-electron chi connectivity index (χ2n) is 5.60. The van der Waals surface area contributed by atoms with Gasteiger partial charge in [0, 0.05) is 23.4 Å². The zero-order valence-corrected chi connectivity index (χ0v) is 12.9. The standard InChI is InChI=1S/C18H20ClNO/c1-21-12-15-4-2-3-5-17(15)20-18(13-6-7-13)14-8-10-16(19)11-9-14/h2-5,8-11,13,18,20H,6-7,12H2,1H3. The highest BCUT2D eigenvalue weighted by Crippen LogP contribution is 2.43. The summed E-state index contributed by atoms with van der Waals surface area (Å²) in [5.41, 5.74) is 3.65. The Balaban J connectivity index is 1.84. The van der Waals surface area contributed by atoms with Gasteiger partial charge in [-0.1, -0.05) is 41.9 Å². The lowest BCUT2D eigenvalue weighted by molar-refractivity contribution is 0.185. The lowest BCUT2D eigenvalue weighted by Gasteiger charge is -2.22. The van der Waals surface area contributed by atoms with Gasteiger partial charge in [-0.3, -0.25) is 0 Å². The highest BCUT2D eigenvalue weighted by Gasteiger charge is 2.32. The average Bonchev–Trinajstić information content (AvgIpc) is 3.32. The molecule has 2 nitrogen and oxygen atoms in total. The third-order valence-corrected chi connectivity index (χ3v) is 4.20. The molecule has 3 heteroatoms. The van der Waals surface area contributed by atoms with E-state index in [9.17, 15) is 0 Å². The van der Waals surface area contributed by atoms with Crippen LogP contribution in [0, 0.1) is 5.92 Å². The number of anilines is 1. The van der Waals surface area contributed by atoms with E-state index >= 15 is 0 Å². The Morgan fingerprint density at radius 3 is 2.52 bits per heavy atom. The van der Waals surface area contributed by atoms with Gasteiger partial charge in [0.05, 0.1) is 12.6 Å². The average molecular weight is 302 g/mol. The van der Waals surface area contributed by atoms with E-state index in [4.69, 9.17) is 16.3 Å². The summed E-state index contributed by atoms with van der Waals surface area (Å²) in [5, 5.41) is 4.49. The molecule has 110 valence electrons. The van der Waals surface area contributed by atoms with Crippen LogP contribution in [0.25, 0.3) is 0 Å². The molecule has 0 aromatic heterocycles. The fourth-order valence-electron chi connectivity index (χ4n) is 2.68. The van der Waals surface area contributed by atoms with Crippen LogP contribution in [0.1, 0.15) is 30.0 Å². The van der Waals surface area contributed by atoms with E-state index in [2.05, 4.69) is 35.6 Å². The molecule has 1 aliphatic rings. The molecule has 2 aromatic carbocycles. The third kappa shape index (κ3) is 3.58. The van der Waals surface area contributed by atoms with E-state index in [0.717, 1.165) is 10.7 Å². The maximum Gasteiger partial charge on any atom is 0.0733 e. The topological polar surface area (TPSA) is 21.3 Å². The van der Waals surface area contributed by atoms with Crippen molar-refractivity contribution in [2.75, 3.05) is 12.4 Å². The van der Waals surface area contributed by atoms with Crippen LogP contribution in [0.3, 0.4) is 0 Å². The predicted octanol–water partition coefficient (Wildman–Crippen LogP) is 5.05. The monoisotopic (exact) mass is 301 g/mol. The van der Waals surface area contributed by atoms with Crippen molar-refractivity contribution in [1.29, 1.82) is 0 Å². The SMILES string of the molecule is COCc1ccccc1NC(c1ccc(Cl)cc1)C1CC1. The van der Waals surface area contributed by atoms with Gasteiger partial charge in [0.15, 0.2) is 0 Å². The minimum atomic E-state index is 0.347. The van der Waals surface area contributed by atoms with Crippen LogP contribution >= 0.6 is 11.6 Å². The molecule has 0 aliphatic heterocycles. The minimum Gasteiger partial charge on any atom is -0.380 e. The van der Waals surface area contributed by atoms with Crippen LogP contribution in [0.5, 0.6) is 0 Å². The summed E-state index contributed by atoms with van der Waals surface area (Å²) in [6.45, 7) is 0.626. The van der Waals surface area contributed by atoms with Gasteiger partial charge in [-0.05, 0) is 42.5 Å². The van der Waals surface area contributed by atoms with Crippen molar-refractivity contribution in [1.82, 2.24) is 0 Å². The first-order valence-electron chi connectivity index (χ1n) is 7.37. The molecule has 1 unspecified atom stereocenters. The molecule has 1 fully saturated rings. The van der Waals surface area contributed by atoms with Crippen LogP contribution in [0.2, 0.25) is 5.02 Å². The molecule has 0 radical (unpaired) electrons. The number of rotatable bonds is 6. The molecule has 1 saturated carbocycles. The van der Waals surface area contributed by atoms with Crippen LogP contribution in [-0.2, 0) is 11.3 Å². The van der Waals surface area contributed by atoms with Crippen molar-refractivity contribution in [3.63, 3.8) is 0 Å². The summed E-state index contributed by atoms with van der Waals surface area (Å²) >= 11 is 6.00. The Kier molecular flexibility index (Phi) is 4.47. The number of nitrogens with one attached hydrogen (secondary N) is 1. The first-order valence-corrected chi connectivity index (χ1v) is 7.74. The molecular weight excluding hydrogens is 282 g/mol. The Bertz CT molecular complexity index is 592. The second kappa shape index (κ2) is 6.50. The van der Waals surface area contributed by atoms with E-state index in [1.807, 2.05) is 18.2 Å². The highest BCUT2D eigenvalue weighted by molar-refractivity contribution is 6.30. The van der Waals surface area contributed by atoms with Crippen molar-refractivity contribution < 1.29 is 4.74 Å². The van der Waals surface area contributed by atoms with Gasteiger partial charge in [0.2, 0.25) is 0 Å². The predicted molar refractivity (Wildman–Crippen MR) is 87.7 cm³/mol. The summed E-state index contributed by atoms with van der Waals surface area (Å²) in [4.78, 5) is 0. The van der Waals surface area contributed by atoms with Gasteiger partial charge in [0.25, 0.3) is 0 Å². The van der Waals surface area contributed by atoms with Crippen molar-refractivity contribution in [3.05, 3.63) is 64.7 Å². The van der Waals surface area contributed by atoms with Gasteiger partial charge in [-0.15, -0.1) is 0 Å². The fourth-order valence-corrected chi connectivity index (χ4v) is 2.81. The minimum absolute atomic E-state index is 0.347. The number of methoxy groups -OCH3 is 1. The zero-order valence-electron chi connectivity index (χ0n) is 12.2. The number of ether oxygens (including phenoxy) is 1. The van der Waals surface area contributed by atoms with Gasteiger partial charge in [0.1, 0.15) is 0 Å². The maximum absolute atomic E-state index is 6.00. The molecule has 0 heterocycles. The van der Waals surface area contributed by atoms with Crippen molar-refractivity contribution in [2.24, 2.45) is 5.92 Å². The lowest BCUT2D eigenvalue weighted by Crippen LogP contribution is -2.14. The third-order valence-electron chi connectivity index (χ3n) is 3.95. The summed E-state index contributed by atoms with van der Waals surface area (Å²) in [6.07, 6.45) is 2.57. The molecule has 21 heavy (non-hydrogen) atoms. The van der Waals surface area contributed by atoms with Crippen LogP contribution in [0.4, 0.5) is 5.69 Å². The molecule has 0 spiro atoms. The van der Waals surface area contributed by atoms with Crippen LogP contribution < -0.4 is 5.32 Å². The fraction of sp³-hybridized carbons (Fsp3) is 0.333. The number of halogens is 1. The smallest absolute Gasteiger partial charge is 0.0733 e. The Morgan fingerprint density at radius 2 is 1.86 bits per heavy atom. The van der Waals surface area contributed by atoms with E-state index in [1.54, 1.807) is 7.11 Å². The molecule has 1 atom stereocenters. The van der Waals surface area contributed by atoms with Crippen LogP contribution in [-0.4, -0.2) is 7.11 Å². The molecule has 1 aliphatic carbocycles. The Morgan fingerprint density at radius 1 is 1.14 bits per heavy atom. The summed E-state index contributed by atoms with van der Waals surface area (Å²) in [6, 6.07) is 16.9. The summed E-state index contributed by atoms with van der Waals surface area (Å²) in [7, 11) is 1.73. The number of hydrogen-bond acceptors (Lipinski definition) is 2. The normalized spacial score (nSPS) is 15.7. The van der Waals surface area contributed by atoms with Gasteiger partial charge in [-0.2, -0.15) is 0 Å². The van der Waals surface area contributed by atoms with E-state index in [0.29, 0.717) is 18.6 Å². The molecule has 3 rings (SSSR count). The molecule has 0 bridgehead atoms. The molecular formula is C18H20ClNO. The number of para-hydroxylation sites is 1.